The van der Waals surface area contributed by atoms with Gasteiger partial charge in [0.05, 0.1) is 18.2 Å². The van der Waals surface area contributed by atoms with Gasteiger partial charge in [0.15, 0.2) is 6.61 Å². The number of methoxy groups -OCH3 is 1. The maximum atomic E-state index is 12.4. The number of H-pyrrole nitrogens is 1. The van der Waals surface area contributed by atoms with Crippen molar-refractivity contribution in [2.75, 3.05) is 13.7 Å². The molecule has 0 saturated carbocycles. The number of aromatic nitrogens is 1. The van der Waals surface area contributed by atoms with Gasteiger partial charge in [-0.15, -0.1) is 0 Å². The van der Waals surface area contributed by atoms with Crippen LogP contribution in [0.1, 0.15) is 28.4 Å². The Kier molecular flexibility index (Phi) is 7.46. The van der Waals surface area contributed by atoms with E-state index in [0.29, 0.717) is 28.5 Å². The molecule has 3 aromatic carbocycles. The fraction of sp³-hybridized carbons (Fsp3) is 0.214. The third-order valence-corrected chi connectivity index (χ3v) is 7.01. The van der Waals surface area contributed by atoms with Gasteiger partial charge >= 0.3 is 11.9 Å². The number of hydrogen-bond donors (Lipinski definition) is 3. The predicted octanol–water partition coefficient (Wildman–Crippen LogP) is 5.29. The van der Waals surface area contributed by atoms with Crippen LogP contribution in [-0.4, -0.2) is 41.8 Å². The van der Waals surface area contributed by atoms with Crippen LogP contribution in [0.3, 0.4) is 0 Å². The number of fused-ring (bicyclic) bond motifs is 3. The highest BCUT2D eigenvalue weighted by Gasteiger charge is 2.34. The second kappa shape index (κ2) is 10.9. The predicted molar refractivity (Wildman–Crippen MR) is 143 cm³/mol. The monoisotopic (exact) mass is 554 g/mol. The number of esters is 1. The molecule has 0 fully saturated rings. The number of ether oxygens (including phenoxy) is 3. The first-order valence-corrected chi connectivity index (χ1v) is 12.6. The van der Waals surface area contributed by atoms with Crippen LogP contribution in [0.15, 0.2) is 60.7 Å². The molecular formula is C28H24Cl2N2O6. The van der Waals surface area contributed by atoms with Crippen LogP contribution in [0.2, 0.25) is 10.0 Å². The topological polar surface area (TPSA) is 110 Å². The number of hydrogen-bond acceptors (Lipinski definition) is 6. The number of halogens is 2. The maximum absolute atomic E-state index is 12.4. The van der Waals surface area contributed by atoms with E-state index in [1.807, 2.05) is 36.4 Å². The van der Waals surface area contributed by atoms with Gasteiger partial charge in [-0.1, -0.05) is 47.5 Å². The van der Waals surface area contributed by atoms with Crippen molar-refractivity contribution in [3.05, 3.63) is 93.1 Å². The third-order valence-electron chi connectivity index (χ3n) is 6.48. The highest BCUT2D eigenvalue weighted by Crippen LogP contribution is 2.36. The molecule has 1 aliphatic rings. The van der Waals surface area contributed by atoms with E-state index >= 15 is 0 Å². The van der Waals surface area contributed by atoms with Crippen LogP contribution in [0, 0.1) is 0 Å². The van der Waals surface area contributed by atoms with Gasteiger partial charge in [0.1, 0.15) is 24.1 Å². The van der Waals surface area contributed by atoms with Gasteiger partial charge in [-0.05, 0) is 47.5 Å². The lowest BCUT2D eigenvalue weighted by molar-refractivity contribution is -0.147. The zero-order valence-electron chi connectivity index (χ0n) is 20.3. The van der Waals surface area contributed by atoms with Gasteiger partial charge in [0.2, 0.25) is 0 Å². The molecular weight excluding hydrogens is 531 g/mol. The third kappa shape index (κ3) is 5.29. The average molecular weight is 555 g/mol. The van der Waals surface area contributed by atoms with E-state index in [-0.39, 0.29) is 18.2 Å². The van der Waals surface area contributed by atoms with Crippen molar-refractivity contribution in [3.63, 3.8) is 0 Å². The molecule has 4 aromatic rings. The van der Waals surface area contributed by atoms with E-state index in [1.165, 1.54) is 13.2 Å². The molecule has 0 aliphatic carbocycles. The number of benzene rings is 3. The van der Waals surface area contributed by atoms with E-state index in [1.54, 1.807) is 18.2 Å². The summed E-state index contributed by atoms with van der Waals surface area (Å²) in [7, 11) is 1.53. The fourth-order valence-electron chi connectivity index (χ4n) is 4.68. The van der Waals surface area contributed by atoms with Gasteiger partial charge in [-0.2, -0.15) is 0 Å². The Labute approximate surface area is 228 Å². The van der Waals surface area contributed by atoms with Crippen LogP contribution in [0.25, 0.3) is 10.9 Å². The van der Waals surface area contributed by atoms with Crippen molar-refractivity contribution in [2.45, 2.75) is 25.1 Å². The number of rotatable bonds is 8. The molecule has 196 valence electrons. The minimum absolute atomic E-state index is 0.0673. The molecule has 0 radical (unpaired) electrons. The summed E-state index contributed by atoms with van der Waals surface area (Å²) >= 11 is 12.0. The summed E-state index contributed by atoms with van der Waals surface area (Å²) in [4.78, 5) is 27.8. The summed E-state index contributed by atoms with van der Waals surface area (Å²) in [5.41, 5.74) is 4.25. The van der Waals surface area contributed by atoms with Crippen LogP contribution >= 0.6 is 23.2 Å². The van der Waals surface area contributed by atoms with E-state index in [9.17, 15) is 14.7 Å². The van der Waals surface area contributed by atoms with Crippen LogP contribution in [0.5, 0.6) is 11.5 Å². The lowest BCUT2D eigenvalue weighted by atomic mass is 9.89. The van der Waals surface area contributed by atoms with Crippen molar-refractivity contribution in [2.24, 2.45) is 0 Å². The summed E-state index contributed by atoms with van der Waals surface area (Å²) in [6.45, 7) is -0.408. The Hall–Kier alpha value is -3.72. The van der Waals surface area contributed by atoms with Crippen LogP contribution in [-0.2, 0) is 27.4 Å². The number of carbonyl (C=O) groups is 2. The van der Waals surface area contributed by atoms with Gasteiger partial charge in [-0.25, -0.2) is 4.79 Å². The summed E-state index contributed by atoms with van der Waals surface area (Å²) in [5, 5.41) is 14.8. The van der Waals surface area contributed by atoms with E-state index < -0.39 is 24.0 Å². The molecule has 0 amide bonds. The van der Waals surface area contributed by atoms with Crippen LogP contribution < -0.4 is 14.8 Å². The second-order valence-electron chi connectivity index (χ2n) is 8.85. The average Bonchev–Trinajstić information content (AvgIpc) is 3.29. The SMILES string of the molecule is COc1ccc([C@H]2N[C@@H](C(=O)O)Cc3c2[nH]c2ccccc32)cc1COC(=O)COc1ccc(Cl)cc1Cl. The minimum Gasteiger partial charge on any atom is -0.496 e. The smallest absolute Gasteiger partial charge is 0.344 e. The summed E-state index contributed by atoms with van der Waals surface area (Å²) in [6, 6.07) is 16.9. The van der Waals surface area contributed by atoms with E-state index in [4.69, 9.17) is 37.4 Å². The molecule has 8 nitrogen and oxygen atoms in total. The molecule has 2 heterocycles. The molecule has 2 atom stereocenters. The number of carboxylic acids is 1. The van der Waals surface area contributed by atoms with Crippen molar-refractivity contribution >= 4 is 46.0 Å². The Balaban J connectivity index is 1.37. The number of carbonyl (C=O) groups excluding carboxylic acids is 1. The largest absolute Gasteiger partial charge is 0.496 e. The second-order valence-corrected chi connectivity index (χ2v) is 9.70. The molecule has 1 aromatic heterocycles. The lowest BCUT2D eigenvalue weighted by Gasteiger charge is -2.30. The van der Waals surface area contributed by atoms with Gasteiger partial charge in [0.25, 0.3) is 0 Å². The van der Waals surface area contributed by atoms with Gasteiger partial charge < -0.3 is 24.3 Å². The molecule has 0 saturated heterocycles. The summed E-state index contributed by atoms with van der Waals surface area (Å²) in [5.74, 6) is -0.665. The van der Waals surface area contributed by atoms with Crippen molar-refractivity contribution in [3.8, 4) is 11.5 Å². The first-order chi connectivity index (χ1) is 18.3. The number of aliphatic carboxylic acids is 1. The highest BCUT2D eigenvalue weighted by atomic mass is 35.5. The molecule has 1 aliphatic heterocycles. The zero-order valence-corrected chi connectivity index (χ0v) is 21.8. The Morgan fingerprint density at radius 3 is 2.61 bits per heavy atom. The first kappa shape index (κ1) is 25.9. The fourth-order valence-corrected chi connectivity index (χ4v) is 5.14. The molecule has 0 unspecified atom stereocenters. The Bertz CT molecular complexity index is 1520. The number of para-hydroxylation sites is 1. The molecule has 10 heteroatoms. The molecule has 0 spiro atoms. The Morgan fingerprint density at radius 1 is 1.05 bits per heavy atom. The first-order valence-electron chi connectivity index (χ1n) is 11.8. The molecule has 5 rings (SSSR count). The zero-order chi connectivity index (χ0) is 26.8. The molecule has 3 N–H and O–H groups in total. The number of aromatic amines is 1. The van der Waals surface area contributed by atoms with Crippen molar-refractivity contribution in [1.82, 2.24) is 10.3 Å². The van der Waals surface area contributed by atoms with Crippen LogP contribution in [0.4, 0.5) is 0 Å². The Morgan fingerprint density at radius 2 is 1.84 bits per heavy atom. The molecule has 38 heavy (non-hydrogen) atoms. The van der Waals surface area contributed by atoms with Crippen molar-refractivity contribution in [1.29, 1.82) is 0 Å². The van der Waals surface area contributed by atoms with Crippen molar-refractivity contribution < 1.29 is 28.9 Å². The van der Waals surface area contributed by atoms with E-state index in [0.717, 1.165) is 27.7 Å². The minimum atomic E-state index is -0.922. The standard InChI is InChI=1S/C28H24Cl2N2O6/c1-36-23-8-6-15(10-16(23)13-38-25(33)14-37-24-9-7-17(29)11-20(24)30)26-27-19(12-22(32-26)28(34)35)18-4-2-3-5-21(18)31-27/h2-11,22,26,31-32H,12-14H2,1H3,(H,34,35)/t22-,26-/m1/s1. The summed E-state index contributed by atoms with van der Waals surface area (Å²) < 4.78 is 16.4. The van der Waals surface area contributed by atoms with Gasteiger partial charge in [0, 0.05) is 33.6 Å². The molecule has 0 bridgehead atoms. The number of nitrogens with one attached hydrogen (secondary N) is 2. The number of carboxylic acid groups (broad SMARTS) is 1. The highest BCUT2D eigenvalue weighted by molar-refractivity contribution is 6.35. The summed E-state index contributed by atoms with van der Waals surface area (Å²) in [6.07, 6.45) is 0.365. The van der Waals surface area contributed by atoms with E-state index in [2.05, 4.69) is 10.3 Å². The van der Waals surface area contributed by atoms with Gasteiger partial charge in [-0.3, -0.25) is 10.1 Å². The lowest BCUT2D eigenvalue weighted by Crippen LogP contribution is -2.45. The normalized spacial score (nSPS) is 16.6. The maximum Gasteiger partial charge on any atom is 0.344 e. The quantitative estimate of drug-likeness (QED) is 0.254.